The van der Waals surface area contributed by atoms with Crippen molar-refractivity contribution in [1.82, 2.24) is 10.6 Å². The first-order valence-corrected chi connectivity index (χ1v) is 7.23. The van der Waals surface area contributed by atoms with Crippen LogP contribution in [0.15, 0.2) is 18.2 Å². The number of hydrogen-bond donors (Lipinski definition) is 3. The van der Waals surface area contributed by atoms with Gasteiger partial charge in [0, 0.05) is 11.2 Å². The number of carbonyl (C=O) groups is 2. The molecular weight excluding hydrogens is 368 g/mol. The Kier molecular flexibility index (Phi) is 6.16. The van der Waals surface area contributed by atoms with Gasteiger partial charge in [-0.05, 0) is 39.0 Å². The van der Waals surface area contributed by atoms with Crippen molar-refractivity contribution in [1.29, 1.82) is 0 Å². The number of anilines is 1. The van der Waals surface area contributed by atoms with Crippen molar-refractivity contribution in [2.24, 2.45) is 0 Å². The van der Waals surface area contributed by atoms with Crippen molar-refractivity contribution in [3.63, 3.8) is 0 Å². The molecule has 0 saturated heterocycles. The molecule has 11 heteroatoms. The van der Waals surface area contributed by atoms with E-state index in [9.17, 15) is 35.9 Å². The fourth-order valence-electron chi connectivity index (χ4n) is 1.78. The van der Waals surface area contributed by atoms with Crippen LogP contribution in [0.3, 0.4) is 0 Å². The second-order valence-electron chi connectivity index (χ2n) is 6.40. The maximum absolute atomic E-state index is 12.7. The lowest BCUT2D eigenvalue weighted by atomic mass is 10.1. The summed E-state index contributed by atoms with van der Waals surface area (Å²) in [6.45, 7) is 4.25. The van der Waals surface area contributed by atoms with Gasteiger partial charge in [0.25, 0.3) is 0 Å². The van der Waals surface area contributed by atoms with Crippen LogP contribution in [0.2, 0.25) is 0 Å². The summed E-state index contributed by atoms with van der Waals surface area (Å²) in [4.78, 5) is 23.1. The van der Waals surface area contributed by atoms with Gasteiger partial charge in [-0.2, -0.15) is 26.3 Å². The lowest BCUT2D eigenvalue weighted by Crippen LogP contribution is -2.49. The van der Waals surface area contributed by atoms with E-state index >= 15 is 0 Å². The molecule has 0 aliphatic heterocycles. The average Bonchev–Trinajstić information content (AvgIpc) is 2.40. The Balaban J connectivity index is 2.86. The van der Waals surface area contributed by atoms with Gasteiger partial charge in [-0.25, -0.2) is 4.79 Å². The van der Waals surface area contributed by atoms with E-state index in [4.69, 9.17) is 0 Å². The number of rotatable bonds is 3. The van der Waals surface area contributed by atoms with E-state index in [1.807, 2.05) is 5.32 Å². The van der Waals surface area contributed by atoms with Crippen molar-refractivity contribution in [3.8, 4) is 0 Å². The number of nitrogens with one attached hydrogen (secondary N) is 3. The third kappa shape index (κ3) is 7.19. The number of amides is 3. The highest BCUT2D eigenvalue weighted by molar-refractivity contribution is 5.96. The molecule has 0 heterocycles. The Morgan fingerprint density at radius 1 is 0.885 bits per heavy atom. The van der Waals surface area contributed by atoms with E-state index in [-0.39, 0.29) is 6.07 Å². The van der Waals surface area contributed by atoms with Gasteiger partial charge in [0.05, 0.1) is 17.7 Å². The van der Waals surface area contributed by atoms with E-state index < -0.39 is 53.2 Å². The van der Waals surface area contributed by atoms with Gasteiger partial charge in [0.2, 0.25) is 5.91 Å². The molecule has 146 valence electrons. The zero-order chi connectivity index (χ0) is 20.3. The van der Waals surface area contributed by atoms with Gasteiger partial charge < -0.3 is 10.6 Å². The monoisotopic (exact) mass is 385 g/mol. The van der Waals surface area contributed by atoms with Crippen molar-refractivity contribution < 1.29 is 35.9 Å². The Bertz CT molecular complexity index is 645. The maximum Gasteiger partial charge on any atom is 0.416 e. The first-order chi connectivity index (χ1) is 11.6. The Morgan fingerprint density at radius 2 is 1.35 bits per heavy atom. The molecule has 3 N–H and O–H groups in total. The lowest BCUT2D eigenvalue weighted by molar-refractivity contribution is -0.143. The highest BCUT2D eigenvalue weighted by Gasteiger charge is 2.37. The molecule has 1 rings (SSSR count). The number of halogens is 6. The summed E-state index contributed by atoms with van der Waals surface area (Å²) in [5.41, 5.74) is -4.22. The van der Waals surface area contributed by atoms with Gasteiger partial charge in [-0.1, -0.05) is 0 Å². The predicted molar refractivity (Wildman–Crippen MR) is 81.4 cm³/mol. The van der Waals surface area contributed by atoms with Crippen LogP contribution in [0.1, 0.15) is 31.9 Å². The van der Waals surface area contributed by atoms with Crippen LogP contribution in [0.4, 0.5) is 36.8 Å². The predicted octanol–water partition coefficient (Wildman–Crippen LogP) is 3.76. The van der Waals surface area contributed by atoms with Gasteiger partial charge in [-0.15, -0.1) is 0 Å². The summed E-state index contributed by atoms with van der Waals surface area (Å²) in [7, 11) is 0. The number of carbonyl (C=O) groups excluding carboxylic acids is 2. The normalized spacial score (nSPS) is 12.5. The molecule has 0 aliphatic carbocycles. The van der Waals surface area contributed by atoms with Crippen LogP contribution < -0.4 is 16.0 Å². The summed E-state index contributed by atoms with van der Waals surface area (Å²) >= 11 is 0. The molecule has 0 fully saturated rings. The number of urea groups is 1. The quantitative estimate of drug-likeness (QED) is 0.694. The summed E-state index contributed by atoms with van der Waals surface area (Å²) in [6.07, 6.45) is -9.99. The molecule has 0 atom stereocenters. The summed E-state index contributed by atoms with van der Waals surface area (Å²) in [5.74, 6) is -0.933. The van der Waals surface area contributed by atoms with Crippen LogP contribution >= 0.6 is 0 Å². The van der Waals surface area contributed by atoms with Crippen LogP contribution in [0.25, 0.3) is 0 Å². The van der Waals surface area contributed by atoms with Crippen LogP contribution in [0, 0.1) is 0 Å². The maximum atomic E-state index is 12.7. The van der Waals surface area contributed by atoms with E-state index in [2.05, 4.69) is 10.6 Å². The topological polar surface area (TPSA) is 70.2 Å². The average molecular weight is 385 g/mol. The second-order valence-corrected chi connectivity index (χ2v) is 6.40. The zero-order valence-electron chi connectivity index (χ0n) is 14.0. The largest absolute Gasteiger partial charge is 0.416 e. The highest BCUT2D eigenvalue weighted by Crippen LogP contribution is 2.37. The molecule has 0 radical (unpaired) electrons. The van der Waals surface area contributed by atoms with Crippen LogP contribution in [-0.2, 0) is 17.1 Å². The molecule has 0 saturated carbocycles. The van der Waals surface area contributed by atoms with Crippen LogP contribution in [-0.4, -0.2) is 24.0 Å². The molecule has 26 heavy (non-hydrogen) atoms. The SMILES string of the molecule is CC(C)(C)NC(=O)NC(=O)CNc1cc(C(F)(F)F)cc(C(F)(F)F)c1. The number of benzene rings is 1. The van der Waals surface area contributed by atoms with Crippen molar-refractivity contribution >= 4 is 17.6 Å². The molecule has 0 bridgehead atoms. The van der Waals surface area contributed by atoms with Gasteiger partial charge in [0.15, 0.2) is 0 Å². The zero-order valence-corrected chi connectivity index (χ0v) is 14.0. The molecule has 1 aromatic rings. The summed E-state index contributed by atoms with van der Waals surface area (Å²) < 4.78 is 76.4. The molecule has 0 aliphatic rings. The van der Waals surface area contributed by atoms with Crippen LogP contribution in [0.5, 0.6) is 0 Å². The van der Waals surface area contributed by atoms with E-state index in [1.165, 1.54) is 0 Å². The molecule has 0 aromatic heterocycles. The summed E-state index contributed by atoms with van der Waals surface area (Å²) in [5, 5.41) is 6.46. The Labute approximate surface area is 145 Å². The standard InChI is InChI=1S/C15H17F6N3O2/c1-13(2,3)24-12(26)23-11(25)7-22-10-5-8(14(16,17)18)4-9(6-10)15(19,20)21/h4-6,22H,7H2,1-3H3,(H2,23,24,25,26). The molecule has 3 amide bonds. The molecule has 5 nitrogen and oxygen atoms in total. The van der Waals surface area contributed by atoms with Gasteiger partial charge in [-0.3, -0.25) is 10.1 Å². The minimum absolute atomic E-state index is 0.0258. The van der Waals surface area contributed by atoms with Crippen molar-refractivity contribution in [2.75, 3.05) is 11.9 Å². The van der Waals surface area contributed by atoms with Gasteiger partial charge in [0.1, 0.15) is 0 Å². The van der Waals surface area contributed by atoms with E-state index in [0.29, 0.717) is 12.1 Å². The van der Waals surface area contributed by atoms with Gasteiger partial charge >= 0.3 is 18.4 Å². The highest BCUT2D eigenvalue weighted by atomic mass is 19.4. The fraction of sp³-hybridized carbons (Fsp3) is 0.467. The smallest absolute Gasteiger partial charge is 0.376 e. The Morgan fingerprint density at radius 3 is 1.73 bits per heavy atom. The number of alkyl halides is 6. The lowest BCUT2D eigenvalue weighted by Gasteiger charge is -2.20. The van der Waals surface area contributed by atoms with E-state index in [1.54, 1.807) is 20.8 Å². The Hall–Kier alpha value is -2.46. The first kappa shape index (κ1) is 21.6. The van der Waals surface area contributed by atoms with Crippen molar-refractivity contribution in [3.05, 3.63) is 29.3 Å². The third-order valence-corrected chi connectivity index (χ3v) is 2.78. The minimum Gasteiger partial charge on any atom is -0.376 e. The first-order valence-electron chi connectivity index (χ1n) is 7.23. The van der Waals surface area contributed by atoms with Crippen molar-refractivity contribution in [2.45, 2.75) is 38.7 Å². The van der Waals surface area contributed by atoms with E-state index in [0.717, 1.165) is 0 Å². The molecule has 0 spiro atoms. The summed E-state index contributed by atoms with van der Waals surface area (Å²) in [6, 6.07) is 0.0154. The number of imide groups is 1. The third-order valence-electron chi connectivity index (χ3n) is 2.78. The molecular formula is C15H17F6N3O2. The fourth-order valence-corrected chi connectivity index (χ4v) is 1.78. The number of hydrogen-bond acceptors (Lipinski definition) is 3. The second kappa shape index (κ2) is 7.42. The minimum atomic E-state index is -4.99. The molecule has 1 aromatic carbocycles. The molecule has 0 unspecified atom stereocenters.